The van der Waals surface area contributed by atoms with E-state index in [9.17, 15) is 0 Å². The smallest absolute Gasteiger partial charge is 0.00773 e. The van der Waals surface area contributed by atoms with Gasteiger partial charge in [0, 0.05) is 0 Å². The van der Waals surface area contributed by atoms with Crippen molar-refractivity contribution in [3.8, 4) is 0 Å². The molecular weight excluding hydrogens is 146 g/mol. The third kappa shape index (κ3) is 9.96. The van der Waals surface area contributed by atoms with Gasteiger partial charge in [-0.05, 0) is 24.8 Å². The summed E-state index contributed by atoms with van der Waals surface area (Å²) in [5.41, 5.74) is 5.93. The topological polar surface area (TPSA) is 26.0 Å². The summed E-state index contributed by atoms with van der Waals surface area (Å²) in [6, 6.07) is 0. The average Bonchev–Trinajstić information content (AvgIpc) is 1.94. The van der Waals surface area contributed by atoms with Crippen molar-refractivity contribution in [2.75, 3.05) is 6.54 Å². The van der Waals surface area contributed by atoms with Crippen molar-refractivity contribution in [1.82, 2.24) is 0 Å². The zero-order chi connectivity index (χ0) is 9.45. The second-order valence-corrected chi connectivity index (χ2v) is 4.87. The lowest BCUT2D eigenvalue weighted by atomic mass is 9.89. The standard InChI is InChI=1S/C11H25N/c1-11(2,3)9-7-5-4-6-8-10-12/h4-10,12H2,1-3H3. The van der Waals surface area contributed by atoms with Crippen LogP contribution in [0.4, 0.5) is 0 Å². The third-order valence-electron chi connectivity index (χ3n) is 2.13. The largest absolute Gasteiger partial charge is 0.330 e. The first-order chi connectivity index (χ1) is 5.56. The van der Waals surface area contributed by atoms with Crippen LogP contribution in [0.3, 0.4) is 0 Å². The summed E-state index contributed by atoms with van der Waals surface area (Å²) in [6.07, 6.45) is 8.02. The van der Waals surface area contributed by atoms with E-state index in [4.69, 9.17) is 5.73 Å². The monoisotopic (exact) mass is 171 g/mol. The SMILES string of the molecule is CC(C)(C)CCCCCCCN. The molecule has 0 bridgehead atoms. The second-order valence-electron chi connectivity index (χ2n) is 4.87. The highest BCUT2D eigenvalue weighted by molar-refractivity contribution is 4.60. The molecule has 0 aliphatic rings. The van der Waals surface area contributed by atoms with Crippen molar-refractivity contribution in [1.29, 1.82) is 0 Å². The number of hydrogen-bond donors (Lipinski definition) is 1. The Morgan fingerprint density at radius 2 is 1.33 bits per heavy atom. The van der Waals surface area contributed by atoms with E-state index in [1.54, 1.807) is 0 Å². The van der Waals surface area contributed by atoms with Gasteiger partial charge in [-0.1, -0.05) is 46.5 Å². The number of unbranched alkanes of at least 4 members (excludes halogenated alkanes) is 4. The van der Waals surface area contributed by atoms with Gasteiger partial charge in [0.25, 0.3) is 0 Å². The molecule has 0 aliphatic carbocycles. The Morgan fingerprint density at radius 3 is 1.83 bits per heavy atom. The Bertz CT molecular complexity index is 91.7. The molecule has 0 radical (unpaired) electrons. The molecule has 0 unspecified atom stereocenters. The van der Waals surface area contributed by atoms with Crippen molar-refractivity contribution in [2.24, 2.45) is 11.1 Å². The van der Waals surface area contributed by atoms with Crippen LogP contribution in [0.1, 0.15) is 59.3 Å². The Labute approximate surface area is 77.7 Å². The van der Waals surface area contributed by atoms with Gasteiger partial charge in [-0.15, -0.1) is 0 Å². The number of nitrogens with two attached hydrogens (primary N) is 1. The quantitative estimate of drug-likeness (QED) is 0.609. The Balaban J connectivity index is 3.01. The van der Waals surface area contributed by atoms with E-state index < -0.39 is 0 Å². The van der Waals surface area contributed by atoms with Crippen molar-refractivity contribution >= 4 is 0 Å². The highest BCUT2D eigenvalue weighted by Gasteiger charge is 2.08. The molecule has 74 valence electrons. The molecule has 12 heavy (non-hydrogen) atoms. The van der Waals surface area contributed by atoms with Gasteiger partial charge in [0.05, 0.1) is 0 Å². The summed E-state index contributed by atoms with van der Waals surface area (Å²) in [5, 5.41) is 0. The van der Waals surface area contributed by atoms with Crippen LogP contribution < -0.4 is 5.73 Å². The van der Waals surface area contributed by atoms with Crippen molar-refractivity contribution in [3.05, 3.63) is 0 Å². The second kappa shape index (κ2) is 6.47. The zero-order valence-corrected chi connectivity index (χ0v) is 9.03. The molecule has 0 aromatic rings. The fourth-order valence-electron chi connectivity index (χ4n) is 1.33. The lowest BCUT2D eigenvalue weighted by Gasteiger charge is -2.17. The minimum atomic E-state index is 0.522. The van der Waals surface area contributed by atoms with Gasteiger partial charge in [0.1, 0.15) is 0 Å². The molecule has 0 saturated heterocycles. The summed E-state index contributed by atoms with van der Waals surface area (Å²) < 4.78 is 0. The van der Waals surface area contributed by atoms with Gasteiger partial charge in [-0.25, -0.2) is 0 Å². The lowest BCUT2D eigenvalue weighted by molar-refractivity contribution is 0.357. The van der Waals surface area contributed by atoms with Crippen LogP contribution in [0.15, 0.2) is 0 Å². The molecule has 0 aliphatic heterocycles. The fraction of sp³-hybridized carbons (Fsp3) is 1.00. The van der Waals surface area contributed by atoms with Crippen LogP contribution in [0.5, 0.6) is 0 Å². The van der Waals surface area contributed by atoms with E-state index in [0.29, 0.717) is 5.41 Å². The molecule has 0 heterocycles. The minimum Gasteiger partial charge on any atom is -0.330 e. The number of hydrogen-bond acceptors (Lipinski definition) is 1. The molecule has 1 nitrogen and oxygen atoms in total. The minimum absolute atomic E-state index is 0.522. The maximum atomic E-state index is 5.41. The van der Waals surface area contributed by atoms with Crippen LogP contribution in [0, 0.1) is 5.41 Å². The van der Waals surface area contributed by atoms with Gasteiger partial charge in [0.15, 0.2) is 0 Å². The first kappa shape index (κ1) is 12.0. The average molecular weight is 171 g/mol. The molecule has 0 rings (SSSR count). The summed E-state index contributed by atoms with van der Waals surface area (Å²) in [6.45, 7) is 7.80. The maximum Gasteiger partial charge on any atom is -0.00773 e. The zero-order valence-electron chi connectivity index (χ0n) is 9.03. The molecule has 2 N–H and O–H groups in total. The molecule has 0 amide bonds. The van der Waals surface area contributed by atoms with E-state index in [1.165, 1.54) is 38.5 Å². The predicted octanol–water partition coefficient (Wildman–Crippen LogP) is 3.33. The molecule has 0 saturated carbocycles. The van der Waals surface area contributed by atoms with E-state index in [0.717, 1.165) is 6.54 Å². The summed E-state index contributed by atoms with van der Waals surface area (Å²) >= 11 is 0. The van der Waals surface area contributed by atoms with Crippen molar-refractivity contribution in [2.45, 2.75) is 59.3 Å². The molecular formula is C11H25N. The summed E-state index contributed by atoms with van der Waals surface area (Å²) in [7, 11) is 0. The van der Waals surface area contributed by atoms with Crippen LogP contribution in [-0.4, -0.2) is 6.54 Å². The third-order valence-corrected chi connectivity index (χ3v) is 2.13. The first-order valence-corrected chi connectivity index (χ1v) is 5.26. The van der Waals surface area contributed by atoms with E-state index in [-0.39, 0.29) is 0 Å². The molecule has 0 aromatic heterocycles. The normalized spacial score (nSPS) is 12.0. The molecule has 1 heteroatoms. The van der Waals surface area contributed by atoms with E-state index >= 15 is 0 Å². The molecule has 0 fully saturated rings. The van der Waals surface area contributed by atoms with Crippen LogP contribution in [-0.2, 0) is 0 Å². The lowest BCUT2D eigenvalue weighted by Crippen LogP contribution is -2.04. The van der Waals surface area contributed by atoms with Gasteiger partial charge in [-0.2, -0.15) is 0 Å². The Morgan fingerprint density at radius 1 is 0.833 bits per heavy atom. The number of rotatable bonds is 6. The van der Waals surface area contributed by atoms with Crippen LogP contribution in [0.2, 0.25) is 0 Å². The van der Waals surface area contributed by atoms with Crippen molar-refractivity contribution in [3.63, 3.8) is 0 Å². The predicted molar refractivity (Wildman–Crippen MR) is 56.2 cm³/mol. The highest BCUT2D eigenvalue weighted by atomic mass is 14.5. The summed E-state index contributed by atoms with van der Waals surface area (Å²) in [4.78, 5) is 0. The first-order valence-electron chi connectivity index (χ1n) is 5.26. The Hall–Kier alpha value is -0.0400. The molecule has 0 atom stereocenters. The summed E-state index contributed by atoms with van der Waals surface area (Å²) in [5.74, 6) is 0. The van der Waals surface area contributed by atoms with Gasteiger partial charge in [0.2, 0.25) is 0 Å². The van der Waals surface area contributed by atoms with Gasteiger partial charge >= 0.3 is 0 Å². The van der Waals surface area contributed by atoms with Crippen LogP contribution >= 0.6 is 0 Å². The van der Waals surface area contributed by atoms with Gasteiger partial charge in [-0.3, -0.25) is 0 Å². The fourth-order valence-corrected chi connectivity index (χ4v) is 1.33. The molecule has 0 aromatic carbocycles. The van der Waals surface area contributed by atoms with Gasteiger partial charge < -0.3 is 5.73 Å². The maximum absolute atomic E-state index is 5.41. The van der Waals surface area contributed by atoms with E-state index in [2.05, 4.69) is 20.8 Å². The molecule has 0 spiro atoms. The highest BCUT2D eigenvalue weighted by Crippen LogP contribution is 2.22. The Kier molecular flexibility index (Phi) is 6.45. The van der Waals surface area contributed by atoms with Crippen LogP contribution in [0.25, 0.3) is 0 Å². The van der Waals surface area contributed by atoms with Crippen molar-refractivity contribution < 1.29 is 0 Å². The van der Waals surface area contributed by atoms with E-state index in [1.807, 2.05) is 0 Å².